The second kappa shape index (κ2) is 11.0. The molecule has 1 heterocycles. The molecule has 0 saturated carbocycles. The summed E-state index contributed by atoms with van der Waals surface area (Å²) in [6, 6.07) is 9.12. The summed E-state index contributed by atoms with van der Waals surface area (Å²) in [6.45, 7) is 0. The molecule has 234 valence electrons. The number of pyridine rings is 1. The summed E-state index contributed by atoms with van der Waals surface area (Å²) in [6.07, 6.45) is -0.749. The van der Waals surface area contributed by atoms with Crippen molar-refractivity contribution in [2.24, 2.45) is 0 Å². The zero-order chi connectivity index (χ0) is 33.1. The number of carbonyl (C=O) groups is 3. The van der Waals surface area contributed by atoms with Crippen molar-refractivity contribution in [3.05, 3.63) is 75.6 Å². The van der Waals surface area contributed by atoms with Crippen LogP contribution in [-0.4, -0.2) is 68.2 Å². The molecule has 15 nitrogen and oxygen atoms in total. The van der Waals surface area contributed by atoms with Gasteiger partial charge in [0, 0.05) is 28.6 Å². The Labute approximate surface area is 254 Å². The van der Waals surface area contributed by atoms with Crippen molar-refractivity contribution in [1.82, 2.24) is 4.98 Å². The van der Waals surface area contributed by atoms with Crippen LogP contribution in [0.3, 0.4) is 0 Å². The molecule has 0 saturated heterocycles. The van der Waals surface area contributed by atoms with Gasteiger partial charge in [0.1, 0.15) is 9.79 Å². The van der Waals surface area contributed by atoms with Crippen LogP contribution in [0.4, 0.5) is 11.4 Å². The van der Waals surface area contributed by atoms with Crippen LogP contribution >= 0.6 is 0 Å². The molecule has 0 radical (unpaired) electrons. The number of aliphatic carboxylic acids is 1. The number of carboxylic acid groups (broad SMARTS) is 1. The Hall–Kier alpha value is -4.75. The van der Waals surface area contributed by atoms with E-state index in [1.807, 2.05) is 0 Å². The van der Waals surface area contributed by atoms with Gasteiger partial charge in [0.15, 0.2) is 21.9 Å². The molecular formula is C27H20N2O13S3. The maximum Gasteiger partial charge on any atom is 0.303 e. The highest BCUT2D eigenvalue weighted by Gasteiger charge is 2.34. The predicted octanol–water partition coefficient (Wildman–Crippen LogP) is 2.43. The number of aldehydes is 1. The van der Waals surface area contributed by atoms with Crippen LogP contribution in [0.25, 0.3) is 22.0 Å². The van der Waals surface area contributed by atoms with Gasteiger partial charge >= 0.3 is 5.97 Å². The number of anilines is 2. The molecule has 5 N–H and O–H groups in total. The predicted molar refractivity (Wildman–Crippen MR) is 157 cm³/mol. The molecule has 0 fully saturated rings. The van der Waals surface area contributed by atoms with Crippen LogP contribution in [0.15, 0.2) is 68.0 Å². The minimum absolute atomic E-state index is 0.0195. The molecule has 5 rings (SSSR count). The molecule has 1 aliphatic carbocycles. The number of benzene rings is 3. The smallest absolute Gasteiger partial charge is 0.303 e. The van der Waals surface area contributed by atoms with E-state index in [2.05, 4.69) is 10.3 Å². The van der Waals surface area contributed by atoms with Crippen molar-refractivity contribution in [3.8, 4) is 11.1 Å². The third-order valence-electron chi connectivity index (χ3n) is 7.00. The van der Waals surface area contributed by atoms with Gasteiger partial charge in [0.2, 0.25) is 0 Å². The zero-order valence-corrected chi connectivity index (χ0v) is 24.9. The van der Waals surface area contributed by atoms with Crippen LogP contribution in [0.2, 0.25) is 0 Å². The third-order valence-corrected chi connectivity index (χ3v) is 10.7. The minimum Gasteiger partial charge on any atom is -0.481 e. The molecular weight excluding hydrogens is 656 g/mol. The lowest BCUT2D eigenvalue weighted by atomic mass is 9.81. The lowest BCUT2D eigenvalue weighted by Gasteiger charge is -2.24. The lowest BCUT2D eigenvalue weighted by Crippen LogP contribution is -2.22. The molecule has 0 atom stereocenters. The summed E-state index contributed by atoms with van der Waals surface area (Å²) < 4.78 is 95.0. The quantitative estimate of drug-likeness (QED) is 0.105. The summed E-state index contributed by atoms with van der Waals surface area (Å²) in [7, 11) is -14.8. The number of rotatable bonds is 10. The first-order chi connectivity index (χ1) is 21.0. The van der Waals surface area contributed by atoms with Gasteiger partial charge in [-0.15, -0.1) is 0 Å². The van der Waals surface area contributed by atoms with Gasteiger partial charge in [-0.25, -0.2) is 8.42 Å². The van der Waals surface area contributed by atoms with Gasteiger partial charge in [-0.05, 0) is 36.2 Å². The van der Waals surface area contributed by atoms with Crippen molar-refractivity contribution in [1.29, 1.82) is 0 Å². The SMILES string of the molecule is O=Cc1c2c3c(c(Nc4ccc(S(=O)(=O)O)c(S(=O)(=O)CCCC(=O)O)c4)cc(S(=O)(=O)O)c3[nH]c1=O)C(=O)c1ccccc1-2. The Balaban J connectivity index is 1.82. The fraction of sp³-hybridized carbons (Fsp3) is 0.111. The molecule has 0 aliphatic heterocycles. The van der Waals surface area contributed by atoms with E-state index in [1.54, 1.807) is 0 Å². The van der Waals surface area contributed by atoms with E-state index in [0.717, 1.165) is 24.3 Å². The molecule has 0 bridgehead atoms. The van der Waals surface area contributed by atoms with Crippen molar-refractivity contribution >= 4 is 70.4 Å². The fourth-order valence-corrected chi connectivity index (χ4v) is 8.50. The average Bonchev–Trinajstić information content (AvgIpc) is 2.94. The summed E-state index contributed by atoms with van der Waals surface area (Å²) >= 11 is 0. The minimum atomic E-state index is -5.13. The van der Waals surface area contributed by atoms with Crippen LogP contribution < -0.4 is 10.9 Å². The number of hydrogen-bond donors (Lipinski definition) is 5. The Kier molecular flexibility index (Phi) is 7.74. The molecule has 45 heavy (non-hydrogen) atoms. The van der Waals surface area contributed by atoms with E-state index in [4.69, 9.17) is 5.11 Å². The van der Waals surface area contributed by atoms with Gasteiger partial charge in [-0.2, -0.15) is 16.8 Å². The lowest BCUT2D eigenvalue weighted by molar-refractivity contribution is -0.137. The number of hydrogen-bond acceptors (Lipinski definition) is 11. The summed E-state index contributed by atoms with van der Waals surface area (Å²) in [5, 5.41) is 11.3. The van der Waals surface area contributed by atoms with Crippen molar-refractivity contribution in [3.63, 3.8) is 0 Å². The van der Waals surface area contributed by atoms with E-state index in [0.29, 0.717) is 0 Å². The number of carboxylic acids is 1. The van der Waals surface area contributed by atoms with Gasteiger partial charge in [0.05, 0.1) is 33.0 Å². The first-order valence-electron chi connectivity index (χ1n) is 12.6. The van der Waals surface area contributed by atoms with Crippen LogP contribution in [0.5, 0.6) is 0 Å². The van der Waals surface area contributed by atoms with Crippen LogP contribution in [0.1, 0.15) is 39.1 Å². The Morgan fingerprint density at radius 3 is 2.09 bits per heavy atom. The number of ketones is 1. The highest BCUT2D eigenvalue weighted by molar-refractivity contribution is 7.92. The highest BCUT2D eigenvalue weighted by atomic mass is 32.2. The maximum absolute atomic E-state index is 13.8. The molecule has 3 aromatic carbocycles. The summed E-state index contributed by atoms with van der Waals surface area (Å²) in [4.78, 5) is 49.0. The Bertz CT molecular complexity index is 2380. The Morgan fingerprint density at radius 1 is 0.844 bits per heavy atom. The number of sulfone groups is 1. The molecule has 1 aliphatic rings. The second-order valence-corrected chi connectivity index (χ2v) is 14.7. The summed E-state index contributed by atoms with van der Waals surface area (Å²) in [5.74, 6) is -2.84. The van der Waals surface area contributed by atoms with Gasteiger partial charge in [0.25, 0.3) is 25.8 Å². The normalized spacial score (nSPS) is 13.0. The zero-order valence-electron chi connectivity index (χ0n) is 22.5. The monoisotopic (exact) mass is 676 g/mol. The molecule has 18 heteroatoms. The van der Waals surface area contributed by atoms with E-state index in [9.17, 15) is 53.5 Å². The maximum atomic E-state index is 13.8. The standard InChI is InChI=1S/C27H20N2O13S3/c30-12-16-22-14-4-1-2-5-15(14)26(33)23-17(11-20(45(40,41)42)25(24(22)23)29-27(16)34)28-13-7-8-18(44(37,38)39)19(10-13)43(35,36)9-3-6-21(31)32/h1-2,4-5,7-8,10-12,28H,3,6,9H2,(H,29,34)(H,31,32)(H,37,38,39)(H,40,41,42). The second-order valence-electron chi connectivity index (χ2n) is 9.84. The van der Waals surface area contributed by atoms with Crippen LogP contribution in [0, 0.1) is 0 Å². The number of nitrogens with one attached hydrogen (secondary N) is 2. The topological polar surface area (TPSA) is 259 Å². The third kappa shape index (κ3) is 5.64. The molecule has 4 aromatic rings. The number of aromatic nitrogens is 1. The van der Waals surface area contributed by atoms with Crippen molar-refractivity contribution in [2.75, 3.05) is 11.1 Å². The Morgan fingerprint density at radius 2 is 1.49 bits per heavy atom. The fourth-order valence-electron chi connectivity index (χ4n) is 5.15. The molecule has 0 spiro atoms. The highest BCUT2D eigenvalue weighted by Crippen LogP contribution is 2.45. The van der Waals surface area contributed by atoms with Gasteiger partial charge in [-0.3, -0.25) is 28.3 Å². The van der Waals surface area contributed by atoms with E-state index in [-0.39, 0.29) is 45.3 Å². The number of fused-ring (bicyclic) bond motifs is 2. The molecule has 0 amide bonds. The first-order valence-corrected chi connectivity index (χ1v) is 17.2. The van der Waals surface area contributed by atoms with E-state index >= 15 is 0 Å². The largest absolute Gasteiger partial charge is 0.481 e. The van der Waals surface area contributed by atoms with E-state index in [1.165, 1.54) is 24.3 Å². The van der Waals surface area contributed by atoms with Crippen molar-refractivity contribution in [2.45, 2.75) is 27.5 Å². The molecule has 0 unspecified atom stereocenters. The van der Waals surface area contributed by atoms with E-state index < -0.39 is 91.7 Å². The number of aromatic amines is 1. The summed E-state index contributed by atoms with van der Waals surface area (Å²) in [5.41, 5.74) is -2.79. The molecule has 1 aromatic heterocycles. The first kappa shape index (κ1) is 31.7. The van der Waals surface area contributed by atoms with Crippen LogP contribution in [-0.2, 0) is 34.9 Å². The van der Waals surface area contributed by atoms with Crippen molar-refractivity contribution < 1.29 is 53.8 Å². The number of H-pyrrole nitrogens is 1. The van der Waals surface area contributed by atoms with Gasteiger partial charge in [-0.1, -0.05) is 24.3 Å². The van der Waals surface area contributed by atoms with Gasteiger partial charge < -0.3 is 15.4 Å². The average molecular weight is 677 g/mol. The number of carbonyl (C=O) groups excluding carboxylic acids is 2.